The highest BCUT2D eigenvalue weighted by Gasteiger charge is 2.18. The van der Waals surface area contributed by atoms with Gasteiger partial charge in [0, 0.05) is 12.4 Å². The molecule has 1 N–H and O–H groups in total. The number of anilines is 1. The zero-order valence-electron chi connectivity index (χ0n) is 13.9. The van der Waals surface area contributed by atoms with Crippen LogP contribution in [0.1, 0.15) is 36.5 Å². The Labute approximate surface area is 133 Å². The van der Waals surface area contributed by atoms with E-state index in [-0.39, 0.29) is 0 Å². The first-order valence-electron chi connectivity index (χ1n) is 7.49. The fraction of sp³-hybridized carbons (Fsp3) is 0.333. The highest BCUT2D eigenvalue weighted by atomic mass is 31.2. The molecule has 0 fully saturated rings. The van der Waals surface area contributed by atoms with Gasteiger partial charge in [-0.1, -0.05) is 38.1 Å². The first-order chi connectivity index (χ1) is 10.3. The minimum absolute atomic E-state index is 0.468. The largest absolute Gasteiger partial charge is 0.429 e. The molecule has 0 unspecified atom stereocenters. The molecule has 0 bridgehead atoms. The molecule has 22 heavy (non-hydrogen) atoms. The third kappa shape index (κ3) is 4.38. The topological polar surface area (TPSA) is 38.3 Å². The van der Waals surface area contributed by atoms with Gasteiger partial charge >= 0.3 is 7.52 Å². The van der Waals surface area contributed by atoms with E-state index in [9.17, 15) is 4.57 Å². The number of hydrogen-bond donors (Lipinski definition) is 1. The summed E-state index contributed by atoms with van der Waals surface area (Å²) in [6.07, 6.45) is 0. The minimum Gasteiger partial charge on any atom is -0.429 e. The normalized spacial score (nSPS) is 13.7. The van der Waals surface area contributed by atoms with Crippen molar-refractivity contribution in [3.05, 3.63) is 59.2 Å². The van der Waals surface area contributed by atoms with Crippen molar-refractivity contribution in [2.75, 3.05) is 11.8 Å². The molecule has 0 aliphatic carbocycles. The molecule has 0 aromatic heterocycles. The van der Waals surface area contributed by atoms with Crippen LogP contribution in [0, 0.1) is 13.8 Å². The SMILES string of the molecule is Cc1ccc(C)c(N[P@](C)(=O)Oc2ccc(C(C)C)cc2)c1. The average molecular weight is 317 g/mol. The van der Waals surface area contributed by atoms with Gasteiger partial charge in [-0.05, 0) is 54.7 Å². The zero-order chi connectivity index (χ0) is 16.3. The predicted molar refractivity (Wildman–Crippen MR) is 94.2 cm³/mol. The molecule has 4 heteroatoms. The van der Waals surface area contributed by atoms with Crippen LogP contribution in [0.4, 0.5) is 5.69 Å². The van der Waals surface area contributed by atoms with Gasteiger partial charge in [0.15, 0.2) is 0 Å². The van der Waals surface area contributed by atoms with Crippen LogP contribution in [0.5, 0.6) is 5.75 Å². The number of aryl methyl sites for hydroxylation is 2. The van der Waals surface area contributed by atoms with Crippen LogP contribution >= 0.6 is 7.52 Å². The molecule has 2 aromatic carbocycles. The maximum Gasteiger partial charge on any atom is 0.338 e. The summed E-state index contributed by atoms with van der Waals surface area (Å²) in [5, 5.41) is 3.05. The van der Waals surface area contributed by atoms with Gasteiger partial charge in [0.25, 0.3) is 0 Å². The Hall–Kier alpha value is -1.73. The third-order valence-corrected chi connectivity index (χ3v) is 4.75. The van der Waals surface area contributed by atoms with Gasteiger partial charge in [0.2, 0.25) is 0 Å². The van der Waals surface area contributed by atoms with Crippen molar-refractivity contribution in [1.29, 1.82) is 0 Å². The maximum absolute atomic E-state index is 12.7. The molecule has 3 nitrogen and oxygen atoms in total. The summed E-state index contributed by atoms with van der Waals surface area (Å²) in [5.41, 5.74) is 4.26. The minimum atomic E-state index is -2.97. The second-order valence-electron chi connectivity index (χ2n) is 6.09. The van der Waals surface area contributed by atoms with Gasteiger partial charge in [0.05, 0.1) is 0 Å². The molecule has 0 saturated heterocycles. The predicted octanol–water partition coefficient (Wildman–Crippen LogP) is 5.74. The van der Waals surface area contributed by atoms with Crippen molar-refractivity contribution in [2.24, 2.45) is 0 Å². The molecule has 0 saturated carbocycles. The molecule has 0 heterocycles. The van der Waals surface area contributed by atoms with Crippen molar-refractivity contribution in [3.8, 4) is 5.75 Å². The van der Waals surface area contributed by atoms with Crippen molar-refractivity contribution in [2.45, 2.75) is 33.6 Å². The van der Waals surface area contributed by atoms with Gasteiger partial charge in [-0.15, -0.1) is 0 Å². The fourth-order valence-electron chi connectivity index (χ4n) is 2.21. The smallest absolute Gasteiger partial charge is 0.338 e. The van der Waals surface area contributed by atoms with Crippen LogP contribution in [0.15, 0.2) is 42.5 Å². The Morgan fingerprint density at radius 1 is 1.05 bits per heavy atom. The van der Waals surface area contributed by atoms with E-state index in [2.05, 4.69) is 18.9 Å². The van der Waals surface area contributed by atoms with Crippen molar-refractivity contribution in [1.82, 2.24) is 0 Å². The summed E-state index contributed by atoms with van der Waals surface area (Å²) >= 11 is 0. The molecule has 0 aliphatic rings. The Morgan fingerprint density at radius 2 is 1.68 bits per heavy atom. The van der Waals surface area contributed by atoms with Crippen LogP contribution in [-0.2, 0) is 4.57 Å². The third-order valence-electron chi connectivity index (χ3n) is 3.54. The van der Waals surface area contributed by atoms with E-state index in [1.54, 1.807) is 6.66 Å². The summed E-state index contributed by atoms with van der Waals surface area (Å²) < 4.78 is 18.4. The van der Waals surface area contributed by atoms with E-state index >= 15 is 0 Å². The molecule has 1 atom stereocenters. The van der Waals surface area contributed by atoms with Crippen LogP contribution < -0.4 is 9.61 Å². The Kier molecular flexibility index (Phi) is 4.97. The lowest BCUT2D eigenvalue weighted by Gasteiger charge is -2.19. The van der Waals surface area contributed by atoms with Gasteiger partial charge in [0.1, 0.15) is 5.75 Å². The van der Waals surface area contributed by atoms with E-state index in [0.717, 1.165) is 16.8 Å². The second-order valence-corrected chi connectivity index (χ2v) is 8.19. The van der Waals surface area contributed by atoms with Gasteiger partial charge < -0.3 is 9.61 Å². The zero-order valence-corrected chi connectivity index (χ0v) is 14.8. The van der Waals surface area contributed by atoms with Crippen LogP contribution in [-0.4, -0.2) is 6.66 Å². The lowest BCUT2D eigenvalue weighted by molar-refractivity contribution is 0.493. The number of rotatable bonds is 5. The molecule has 0 spiro atoms. The molecule has 2 rings (SSSR count). The quantitative estimate of drug-likeness (QED) is 0.714. The highest BCUT2D eigenvalue weighted by Crippen LogP contribution is 2.44. The molecular formula is C18H24NO2P. The van der Waals surface area contributed by atoms with Crippen molar-refractivity contribution in [3.63, 3.8) is 0 Å². The first-order valence-corrected chi connectivity index (χ1v) is 9.56. The molecule has 118 valence electrons. The number of benzene rings is 2. The summed E-state index contributed by atoms with van der Waals surface area (Å²) in [6.45, 7) is 9.88. The van der Waals surface area contributed by atoms with E-state index in [1.807, 2.05) is 56.3 Å². The molecular weight excluding hydrogens is 293 g/mol. The fourth-order valence-corrected chi connectivity index (χ4v) is 3.46. The monoisotopic (exact) mass is 317 g/mol. The second kappa shape index (κ2) is 6.58. The Bertz CT molecular complexity index is 693. The Morgan fingerprint density at radius 3 is 2.27 bits per heavy atom. The van der Waals surface area contributed by atoms with Crippen LogP contribution in [0.3, 0.4) is 0 Å². The van der Waals surface area contributed by atoms with Gasteiger partial charge in [-0.2, -0.15) is 0 Å². The van der Waals surface area contributed by atoms with Crippen molar-refractivity contribution >= 4 is 13.2 Å². The lowest BCUT2D eigenvalue weighted by Crippen LogP contribution is -2.03. The summed E-state index contributed by atoms with van der Waals surface area (Å²) in [4.78, 5) is 0. The van der Waals surface area contributed by atoms with Crippen LogP contribution in [0.2, 0.25) is 0 Å². The van der Waals surface area contributed by atoms with Crippen LogP contribution in [0.25, 0.3) is 0 Å². The average Bonchev–Trinajstić information content (AvgIpc) is 2.42. The van der Waals surface area contributed by atoms with E-state index in [4.69, 9.17) is 4.52 Å². The number of hydrogen-bond acceptors (Lipinski definition) is 2. The molecule has 2 aromatic rings. The standard InChI is InChI=1S/C18H24NO2P/c1-13(2)16-8-10-17(11-9-16)21-22(5,20)19-18-12-14(3)6-7-15(18)4/h6-13H,1-5H3,(H,19,20)/t22-/m1/s1. The van der Waals surface area contributed by atoms with E-state index < -0.39 is 7.52 Å². The molecule has 0 radical (unpaired) electrons. The van der Waals surface area contributed by atoms with E-state index in [1.165, 1.54) is 5.56 Å². The van der Waals surface area contributed by atoms with Gasteiger partial charge in [-0.25, -0.2) is 0 Å². The van der Waals surface area contributed by atoms with Crippen molar-refractivity contribution < 1.29 is 9.09 Å². The first kappa shape index (κ1) is 16.6. The summed E-state index contributed by atoms with van der Waals surface area (Å²) in [5.74, 6) is 1.09. The van der Waals surface area contributed by atoms with E-state index in [0.29, 0.717) is 11.7 Å². The molecule has 0 aliphatic heterocycles. The summed E-state index contributed by atoms with van der Waals surface area (Å²) in [7, 11) is -2.97. The Balaban J connectivity index is 2.13. The summed E-state index contributed by atoms with van der Waals surface area (Å²) in [6, 6.07) is 13.8. The maximum atomic E-state index is 12.7. The molecule has 0 amide bonds. The number of nitrogens with one attached hydrogen (secondary N) is 1. The highest BCUT2D eigenvalue weighted by molar-refractivity contribution is 7.60. The van der Waals surface area contributed by atoms with Gasteiger partial charge in [-0.3, -0.25) is 4.57 Å². The lowest BCUT2D eigenvalue weighted by atomic mass is 10.0.